The van der Waals surface area contributed by atoms with Crippen LogP contribution in [0, 0.1) is 20.8 Å². The van der Waals surface area contributed by atoms with Crippen LogP contribution in [0.15, 0.2) is 36.4 Å². The van der Waals surface area contributed by atoms with E-state index >= 15 is 0 Å². The molecule has 7 nitrogen and oxygen atoms in total. The zero-order valence-electron chi connectivity index (χ0n) is 18.1. The molecule has 0 unspecified atom stereocenters. The Morgan fingerprint density at radius 1 is 0.900 bits per heavy atom. The Morgan fingerprint density at radius 2 is 1.53 bits per heavy atom. The first-order chi connectivity index (χ1) is 14.5. The van der Waals surface area contributed by atoms with Gasteiger partial charge in [0.05, 0.1) is 5.69 Å². The molecule has 1 saturated heterocycles. The SMILES string of the molecule is CCc1ccc(C(=O)N2CCN(c3ccc(-n4nc(C)c(C)c4C)nn3)CC2)cc1. The number of anilines is 1. The largest absolute Gasteiger partial charge is 0.352 e. The highest BCUT2D eigenvalue weighted by Crippen LogP contribution is 2.18. The smallest absolute Gasteiger partial charge is 0.253 e. The zero-order chi connectivity index (χ0) is 21.3. The minimum atomic E-state index is 0.0960. The van der Waals surface area contributed by atoms with E-state index in [0.29, 0.717) is 13.1 Å². The fraction of sp³-hybridized carbons (Fsp3) is 0.391. The molecule has 0 N–H and O–H groups in total. The Balaban J connectivity index is 1.40. The van der Waals surface area contributed by atoms with E-state index in [1.807, 2.05) is 59.8 Å². The maximum Gasteiger partial charge on any atom is 0.253 e. The average molecular weight is 405 g/mol. The fourth-order valence-electron chi connectivity index (χ4n) is 3.75. The van der Waals surface area contributed by atoms with E-state index in [4.69, 9.17) is 0 Å². The predicted molar refractivity (Wildman–Crippen MR) is 117 cm³/mol. The first-order valence-corrected chi connectivity index (χ1v) is 10.5. The Kier molecular flexibility index (Phi) is 5.53. The Hall–Kier alpha value is -3.22. The van der Waals surface area contributed by atoms with Crippen molar-refractivity contribution >= 4 is 11.7 Å². The molecule has 0 bridgehead atoms. The van der Waals surface area contributed by atoms with Gasteiger partial charge in [-0.05, 0) is 62.6 Å². The highest BCUT2D eigenvalue weighted by molar-refractivity contribution is 5.94. The molecule has 1 aliphatic rings. The summed E-state index contributed by atoms with van der Waals surface area (Å²) < 4.78 is 1.84. The minimum Gasteiger partial charge on any atom is -0.352 e. The third kappa shape index (κ3) is 3.79. The van der Waals surface area contributed by atoms with Gasteiger partial charge in [-0.2, -0.15) is 5.10 Å². The van der Waals surface area contributed by atoms with Gasteiger partial charge in [-0.15, -0.1) is 10.2 Å². The molecule has 0 radical (unpaired) electrons. The number of carbonyl (C=O) groups excluding carboxylic acids is 1. The lowest BCUT2D eigenvalue weighted by molar-refractivity contribution is 0.0746. The van der Waals surface area contributed by atoms with Crippen molar-refractivity contribution in [3.8, 4) is 5.82 Å². The fourth-order valence-corrected chi connectivity index (χ4v) is 3.75. The number of piperazine rings is 1. The molecule has 30 heavy (non-hydrogen) atoms. The van der Waals surface area contributed by atoms with Gasteiger partial charge in [0.1, 0.15) is 0 Å². The van der Waals surface area contributed by atoms with Crippen LogP contribution in [0.1, 0.15) is 39.8 Å². The van der Waals surface area contributed by atoms with E-state index in [0.717, 1.165) is 48.1 Å². The van der Waals surface area contributed by atoms with Crippen LogP contribution in [0.3, 0.4) is 0 Å². The molecule has 0 saturated carbocycles. The van der Waals surface area contributed by atoms with Gasteiger partial charge in [-0.25, -0.2) is 4.68 Å². The van der Waals surface area contributed by atoms with Gasteiger partial charge < -0.3 is 9.80 Å². The first kappa shape index (κ1) is 20.1. The van der Waals surface area contributed by atoms with E-state index in [1.54, 1.807) is 0 Å². The summed E-state index contributed by atoms with van der Waals surface area (Å²) in [6.45, 7) is 11.1. The predicted octanol–water partition coefficient (Wildman–Crippen LogP) is 3.11. The average Bonchev–Trinajstić information content (AvgIpc) is 3.06. The summed E-state index contributed by atoms with van der Waals surface area (Å²) >= 11 is 0. The molecule has 1 amide bonds. The van der Waals surface area contributed by atoms with Crippen LogP contribution < -0.4 is 4.90 Å². The molecule has 1 fully saturated rings. The van der Waals surface area contributed by atoms with Crippen molar-refractivity contribution in [2.45, 2.75) is 34.1 Å². The molecule has 0 spiro atoms. The molecule has 0 atom stereocenters. The van der Waals surface area contributed by atoms with Gasteiger partial charge in [0, 0.05) is 37.4 Å². The summed E-state index contributed by atoms with van der Waals surface area (Å²) in [6, 6.07) is 11.9. The summed E-state index contributed by atoms with van der Waals surface area (Å²) in [7, 11) is 0. The van der Waals surface area contributed by atoms with Gasteiger partial charge in [-0.3, -0.25) is 4.79 Å². The maximum atomic E-state index is 12.8. The third-order valence-electron chi connectivity index (χ3n) is 6.01. The van der Waals surface area contributed by atoms with Crippen LogP contribution in [0.2, 0.25) is 0 Å². The maximum absolute atomic E-state index is 12.8. The Bertz CT molecular complexity index is 1030. The lowest BCUT2D eigenvalue weighted by Gasteiger charge is -2.35. The number of nitrogens with zero attached hydrogens (tertiary/aromatic N) is 6. The second-order valence-electron chi connectivity index (χ2n) is 7.79. The summed E-state index contributed by atoms with van der Waals surface area (Å²) in [4.78, 5) is 16.9. The van der Waals surface area contributed by atoms with Gasteiger partial charge in [0.15, 0.2) is 11.6 Å². The van der Waals surface area contributed by atoms with Crippen molar-refractivity contribution in [2.24, 2.45) is 0 Å². The number of hydrogen-bond acceptors (Lipinski definition) is 5. The number of hydrogen-bond donors (Lipinski definition) is 0. The molecule has 3 heterocycles. The molecule has 3 aromatic rings. The van der Waals surface area contributed by atoms with Gasteiger partial charge >= 0.3 is 0 Å². The third-order valence-corrected chi connectivity index (χ3v) is 6.01. The summed E-state index contributed by atoms with van der Waals surface area (Å²) in [5.41, 5.74) is 5.25. The van der Waals surface area contributed by atoms with E-state index < -0.39 is 0 Å². The number of amides is 1. The molecule has 0 aliphatic carbocycles. The molecule has 156 valence electrons. The second-order valence-corrected chi connectivity index (χ2v) is 7.79. The number of rotatable bonds is 4. The standard InChI is InChI=1S/C23H28N6O/c1-5-19-6-8-20(9-7-19)23(30)28-14-12-27(13-15-28)21-10-11-22(25-24-21)29-18(4)16(2)17(3)26-29/h6-11H,5,12-15H2,1-4H3. The Labute approximate surface area is 177 Å². The van der Waals surface area contributed by atoms with Crippen LogP contribution >= 0.6 is 0 Å². The van der Waals surface area contributed by atoms with E-state index in [2.05, 4.69) is 34.0 Å². The number of aryl methyl sites for hydroxylation is 2. The minimum absolute atomic E-state index is 0.0960. The topological polar surface area (TPSA) is 67.2 Å². The van der Waals surface area contributed by atoms with E-state index in [1.165, 1.54) is 11.1 Å². The van der Waals surface area contributed by atoms with Crippen molar-refractivity contribution < 1.29 is 4.79 Å². The highest BCUT2D eigenvalue weighted by atomic mass is 16.2. The van der Waals surface area contributed by atoms with Crippen molar-refractivity contribution in [2.75, 3.05) is 31.1 Å². The highest BCUT2D eigenvalue weighted by Gasteiger charge is 2.23. The van der Waals surface area contributed by atoms with Crippen LogP contribution in [-0.4, -0.2) is 57.0 Å². The zero-order valence-corrected chi connectivity index (χ0v) is 18.1. The summed E-state index contributed by atoms with van der Waals surface area (Å²) in [5, 5.41) is 13.4. The number of aromatic nitrogens is 4. The van der Waals surface area contributed by atoms with Crippen LogP contribution in [0.5, 0.6) is 0 Å². The Morgan fingerprint density at radius 3 is 2.07 bits per heavy atom. The lowest BCUT2D eigenvalue weighted by Crippen LogP contribution is -2.49. The molecular weight excluding hydrogens is 376 g/mol. The van der Waals surface area contributed by atoms with Crippen molar-refractivity contribution in [3.05, 3.63) is 64.5 Å². The van der Waals surface area contributed by atoms with E-state index in [9.17, 15) is 4.79 Å². The quantitative estimate of drug-likeness (QED) is 0.668. The first-order valence-electron chi connectivity index (χ1n) is 10.5. The van der Waals surface area contributed by atoms with Crippen LogP contribution in [0.4, 0.5) is 5.82 Å². The monoisotopic (exact) mass is 404 g/mol. The number of benzene rings is 1. The molecule has 7 heteroatoms. The van der Waals surface area contributed by atoms with Crippen molar-refractivity contribution in [3.63, 3.8) is 0 Å². The van der Waals surface area contributed by atoms with E-state index in [-0.39, 0.29) is 5.91 Å². The lowest BCUT2D eigenvalue weighted by atomic mass is 10.1. The number of carbonyl (C=O) groups is 1. The van der Waals surface area contributed by atoms with Gasteiger partial charge in [0.2, 0.25) is 0 Å². The van der Waals surface area contributed by atoms with Crippen molar-refractivity contribution in [1.29, 1.82) is 0 Å². The molecule has 1 aliphatic heterocycles. The molecular formula is C23H28N6O. The van der Waals surface area contributed by atoms with Crippen LogP contribution in [-0.2, 0) is 6.42 Å². The molecule has 1 aromatic carbocycles. The molecule has 2 aromatic heterocycles. The van der Waals surface area contributed by atoms with Gasteiger partial charge in [0.25, 0.3) is 5.91 Å². The second kappa shape index (κ2) is 8.26. The van der Waals surface area contributed by atoms with Gasteiger partial charge in [-0.1, -0.05) is 19.1 Å². The summed E-state index contributed by atoms with van der Waals surface area (Å²) in [5.74, 6) is 1.65. The summed E-state index contributed by atoms with van der Waals surface area (Å²) in [6.07, 6.45) is 0.978. The van der Waals surface area contributed by atoms with Crippen LogP contribution in [0.25, 0.3) is 5.82 Å². The normalized spacial score (nSPS) is 14.3. The van der Waals surface area contributed by atoms with Crippen molar-refractivity contribution in [1.82, 2.24) is 24.9 Å². The molecule has 4 rings (SSSR count).